The number of carbonyl (C=O) groups excluding carboxylic acids is 3. The van der Waals surface area contributed by atoms with Gasteiger partial charge in [-0.25, -0.2) is 4.79 Å². The Hall–Kier alpha value is -5.43. The van der Waals surface area contributed by atoms with Gasteiger partial charge in [0.2, 0.25) is 0 Å². The Bertz CT molecular complexity index is 1550. The van der Waals surface area contributed by atoms with Crippen molar-refractivity contribution in [2.75, 3.05) is 30.6 Å². The van der Waals surface area contributed by atoms with E-state index in [-0.39, 0.29) is 18.1 Å². The number of anilines is 2. The summed E-state index contributed by atoms with van der Waals surface area (Å²) in [5, 5.41) is 17.3. The van der Waals surface area contributed by atoms with Crippen molar-refractivity contribution in [2.45, 2.75) is 13.8 Å². The van der Waals surface area contributed by atoms with Crippen LogP contribution in [0.15, 0.2) is 77.4 Å². The van der Waals surface area contributed by atoms with E-state index in [1.807, 2.05) is 13.0 Å². The van der Waals surface area contributed by atoms with Gasteiger partial charge in [0.1, 0.15) is 0 Å². The number of amides is 2. The summed E-state index contributed by atoms with van der Waals surface area (Å²) < 4.78 is 16.2. The molecule has 202 valence electrons. The Balaban J connectivity index is 1.48. The zero-order valence-corrected chi connectivity index (χ0v) is 22.1. The van der Waals surface area contributed by atoms with Crippen LogP contribution in [0.2, 0.25) is 0 Å². The predicted octanol–water partition coefficient (Wildman–Crippen LogP) is 4.57. The number of rotatable bonds is 9. The van der Waals surface area contributed by atoms with Gasteiger partial charge >= 0.3 is 5.97 Å². The number of para-hydroxylation sites is 1. The summed E-state index contributed by atoms with van der Waals surface area (Å²) in [5.41, 5.74) is 3.19. The van der Waals surface area contributed by atoms with Crippen LogP contribution in [0.25, 0.3) is 6.08 Å². The molecule has 1 heterocycles. The lowest BCUT2D eigenvalue weighted by molar-refractivity contribution is -0.118. The minimum absolute atomic E-state index is 0.226. The zero-order valence-electron chi connectivity index (χ0n) is 22.1. The molecule has 10 nitrogen and oxygen atoms in total. The fourth-order valence-electron chi connectivity index (χ4n) is 3.91. The SMILES string of the molecule is CCOc1cc(/C=C2/C(=O)N(c3ccc(C#N)cc3)N=C2C)ccc1OCC(=O)Nc1ccccc1C(=O)OC. The lowest BCUT2D eigenvalue weighted by Gasteiger charge is -2.14. The van der Waals surface area contributed by atoms with Gasteiger partial charge in [0.15, 0.2) is 18.1 Å². The summed E-state index contributed by atoms with van der Waals surface area (Å²) >= 11 is 0. The van der Waals surface area contributed by atoms with E-state index in [1.54, 1.807) is 79.7 Å². The van der Waals surface area contributed by atoms with Gasteiger partial charge in [0.05, 0.1) is 53.6 Å². The van der Waals surface area contributed by atoms with E-state index < -0.39 is 11.9 Å². The van der Waals surface area contributed by atoms with Crippen molar-refractivity contribution < 1.29 is 28.6 Å². The molecule has 4 rings (SSSR count). The summed E-state index contributed by atoms with van der Waals surface area (Å²) in [6, 6.07) is 20.2. The summed E-state index contributed by atoms with van der Waals surface area (Å²) in [6.45, 7) is 3.57. The fraction of sp³-hybridized carbons (Fsp3) is 0.167. The van der Waals surface area contributed by atoms with Gasteiger partial charge in [0, 0.05) is 0 Å². The van der Waals surface area contributed by atoms with Gasteiger partial charge in [-0.3, -0.25) is 9.59 Å². The third-order valence-electron chi connectivity index (χ3n) is 5.85. The molecule has 0 aliphatic carbocycles. The second-order valence-electron chi connectivity index (χ2n) is 8.53. The molecule has 10 heteroatoms. The second kappa shape index (κ2) is 12.4. The topological polar surface area (TPSA) is 130 Å². The zero-order chi connectivity index (χ0) is 28.6. The molecule has 0 fully saturated rings. The number of ether oxygens (including phenoxy) is 3. The number of hydrogen-bond donors (Lipinski definition) is 1. The van der Waals surface area contributed by atoms with Crippen molar-refractivity contribution in [1.29, 1.82) is 5.26 Å². The van der Waals surface area contributed by atoms with Crippen molar-refractivity contribution >= 4 is 40.9 Å². The van der Waals surface area contributed by atoms with Gasteiger partial charge in [-0.05, 0) is 74.0 Å². The molecule has 0 bridgehead atoms. The van der Waals surface area contributed by atoms with Crippen LogP contribution in [0.3, 0.4) is 0 Å². The highest BCUT2D eigenvalue weighted by Gasteiger charge is 2.28. The smallest absolute Gasteiger partial charge is 0.339 e. The molecule has 3 aromatic carbocycles. The number of methoxy groups -OCH3 is 1. The molecule has 0 aromatic heterocycles. The average molecular weight is 539 g/mol. The van der Waals surface area contributed by atoms with Gasteiger partial charge in [-0.2, -0.15) is 15.4 Å². The molecule has 0 saturated heterocycles. The molecular formula is C30H26N4O6. The van der Waals surface area contributed by atoms with E-state index in [0.717, 1.165) is 0 Å². The number of hydrazone groups is 1. The van der Waals surface area contributed by atoms with Crippen LogP contribution in [-0.4, -0.2) is 43.8 Å². The number of nitriles is 1. The first kappa shape index (κ1) is 27.6. The molecule has 3 aromatic rings. The number of nitrogens with zero attached hydrogens (tertiary/aromatic N) is 3. The molecule has 1 N–H and O–H groups in total. The number of carbonyl (C=O) groups is 3. The fourth-order valence-corrected chi connectivity index (χ4v) is 3.91. The predicted molar refractivity (Wildman–Crippen MR) is 149 cm³/mol. The minimum Gasteiger partial charge on any atom is -0.490 e. The quantitative estimate of drug-likeness (QED) is 0.312. The van der Waals surface area contributed by atoms with E-state index in [2.05, 4.69) is 10.4 Å². The third kappa shape index (κ3) is 6.16. The number of hydrogen-bond acceptors (Lipinski definition) is 8. The molecule has 0 spiro atoms. The largest absolute Gasteiger partial charge is 0.490 e. The first-order valence-corrected chi connectivity index (χ1v) is 12.3. The van der Waals surface area contributed by atoms with Crippen LogP contribution in [0.5, 0.6) is 11.5 Å². The van der Waals surface area contributed by atoms with Gasteiger partial charge < -0.3 is 19.5 Å². The summed E-state index contributed by atoms with van der Waals surface area (Å²) in [5.74, 6) is -0.617. The Morgan fingerprint density at radius 2 is 1.80 bits per heavy atom. The lowest BCUT2D eigenvalue weighted by Crippen LogP contribution is -2.22. The molecule has 0 radical (unpaired) electrons. The molecule has 1 aliphatic rings. The van der Waals surface area contributed by atoms with Crippen molar-refractivity contribution in [3.63, 3.8) is 0 Å². The Morgan fingerprint density at radius 3 is 2.50 bits per heavy atom. The summed E-state index contributed by atoms with van der Waals surface area (Å²) in [4.78, 5) is 37.6. The first-order chi connectivity index (χ1) is 19.3. The van der Waals surface area contributed by atoms with Crippen molar-refractivity contribution in [1.82, 2.24) is 0 Å². The van der Waals surface area contributed by atoms with Crippen molar-refractivity contribution in [2.24, 2.45) is 5.10 Å². The molecule has 2 amide bonds. The van der Waals surface area contributed by atoms with Crippen molar-refractivity contribution in [3.05, 3.63) is 89.0 Å². The second-order valence-corrected chi connectivity index (χ2v) is 8.53. The maximum absolute atomic E-state index is 13.1. The Morgan fingerprint density at radius 1 is 1.05 bits per heavy atom. The molecular weight excluding hydrogens is 512 g/mol. The normalized spacial score (nSPS) is 13.4. The molecule has 0 unspecified atom stereocenters. The molecule has 0 atom stereocenters. The van der Waals surface area contributed by atoms with Crippen LogP contribution >= 0.6 is 0 Å². The highest BCUT2D eigenvalue weighted by atomic mass is 16.5. The van der Waals surface area contributed by atoms with Gasteiger partial charge in [-0.15, -0.1) is 0 Å². The molecule has 1 aliphatic heterocycles. The number of benzene rings is 3. The van der Waals surface area contributed by atoms with Crippen LogP contribution in [-0.2, 0) is 14.3 Å². The lowest BCUT2D eigenvalue weighted by atomic mass is 10.1. The van der Waals surface area contributed by atoms with E-state index in [1.165, 1.54) is 12.1 Å². The van der Waals surface area contributed by atoms with Gasteiger partial charge in [-0.1, -0.05) is 18.2 Å². The maximum atomic E-state index is 13.1. The Labute approximate surface area is 231 Å². The van der Waals surface area contributed by atoms with Crippen molar-refractivity contribution in [3.8, 4) is 17.6 Å². The third-order valence-corrected chi connectivity index (χ3v) is 5.85. The van der Waals surface area contributed by atoms with Gasteiger partial charge in [0.25, 0.3) is 11.8 Å². The van der Waals surface area contributed by atoms with E-state index in [0.29, 0.717) is 51.9 Å². The summed E-state index contributed by atoms with van der Waals surface area (Å²) in [6.07, 6.45) is 1.70. The highest BCUT2D eigenvalue weighted by molar-refractivity contribution is 6.32. The maximum Gasteiger partial charge on any atom is 0.339 e. The number of esters is 1. The minimum atomic E-state index is -0.568. The number of nitrogens with one attached hydrogen (secondary N) is 1. The summed E-state index contributed by atoms with van der Waals surface area (Å²) in [7, 11) is 1.26. The molecule has 40 heavy (non-hydrogen) atoms. The monoisotopic (exact) mass is 538 g/mol. The van der Waals surface area contributed by atoms with Crippen LogP contribution in [0, 0.1) is 11.3 Å². The van der Waals surface area contributed by atoms with Crippen LogP contribution in [0.4, 0.5) is 11.4 Å². The van der Waals surface area contributed by atoms with E-state index in [4.69, 9.17) is 19.5 Å². The Kier molecular flexibility index (Phi) is 8.56. The molecule has 0 saturated carbocycles. The first-order valence-electron chi connectivity index (χ1n) is 12.3. The average Bonchev–Trinajstić information content (AvgIpc) is 3.25. The highest BCUT2D eigenvalue weighted by Crippen LogP contribution is 2.31. The van der Waals surface area contributed by atoms with E-state index in [9.17, 15) is 14.4 Å². The van der Waals surface area contributed by atoms with Crippen LogP contribution < -0.4 is 19.8 Å². The van der Waals surface area contributed by atoms with E-state index >= 15 is 0 Å². The standard InChI is InChI=1S/C30H26N4O6/c1-4-39-27-16-21(15-24-19(2)33-34(29(24)36)22-12-9-20(17-31)10-13-22)11-14-26(27)40-18-28(35)32-25-8-6-5-7-23(25)30(37)38-3/h5-16H,4,18H2,1-3H3,(H,32,35)/b24-15+. The van der Waals surface area contributed by atoms with Crippen LogP contribution in [0.1, 0.15) is 35.3 Å².